The van der Waals surface area contributed by atoms with Crippen molar-refractivity contribution in [1.29, 1.82) is 0 Å². The minimum absolute atomic E-state index is 0.238. The highest BCUT2D eigenvalue weighted by molar-refractivity contribution is 5.94. The molecule has 27 heavy (non-hydrogen) atoms. The second kappa shape index (κ2) is 8.56. The molecule has 0 saturated heterocycles. The van der Waals surface area contributed by atoms with Crippen molar-refractivity contribution in [2.24, 2.45) is 0 Å². The summed E-state index contributed by atoms with van der Waals surface area (Å²) in [6.07, 6.45) is 1.87. The number of benzene rings is 2. The van der Waals surface area contributed by atoms with E-state index in [1.807, 2.05) is 30.3 Å². The van der Waals surface area contributed by atoms with E-state index in [1.54, 1.807) is 24.3 Å². The highest BCUT2D eigenvalue weighted by atomic mass is 16.2. The van der Waals surface area contributed by atoms with E-state index in [-0.39, 0.29) is 11.9 Å². The van der Waals surface area contributed by atoms with Gasteiger partial charge in [-0.2, -0.15) is 0 Å². The van der Waals surface area contributed by atoms with Crippen LogP contribution in [0.3, 0.4) is 0 Å². The predicted molar refractivity (Wildman–Crippen MR) is 100 cm³/mol. The first-order valence-corrected chi connectivity index (χ1v) is 8.32. The molecule has 1 aromatic heterocycles. The van der Waals surface area contributed by atoms with Gasteiger partial charge in [0, 0.05) is 24.8 Å². The third-order valence-corrected chi connectivity index (χ3v) is 3.90. The molecule has 3 rings (SSSR count). The van der Waals surface area contributed by atoms with Crippen LogP contribution in [0.1, 0.15) is 11.6 Å². The van der Waals surface area contributed by atoms with Gasteiger partial charge in [-0.05, 0) is 40.3 Å². The fourth-order valence-electron chi connectivity index (χ4n) is 2.51. The highest BCUT2D eigenvalue weighted by Crippen LogP contribution is 2.18. The smallest absolute Gasteiger partial charge is 0.318 e. The van der Waals surface area contributed by atoms with Gasteiger partial charge in [0.1, 0.15) is 12.4 Å². The maximum atomic E-state index is 12.8. The Morgan fingerprint density at radius 3 is 2.26 bits per heavy atom. The molecule has 0 radical (unpaired) electrons. The molecule has 0 aliphatic carbocycles. The van der Waals surface area contributed by atoms with Crippen molar-refractivity contribution in [2.45, 2.75) is 12.5 Å². The fraction of sp³-hybridized carbons (Fsp3) is 0.167. The first kappa shape index (κ1) is 18.1. The first-order valence-electron chi connectivity index (χ1n) is 8.32. The number of amides is 3. The lowest BCUT2D eigenvalue weighted by atomic mass is 10.1. The third kappa shape index (κ3) is 4.88. The molecule has 0 fully saturated rings. The van der Waals surface area contributed by atoms with Crippen LogP contribution in [-0.4, -0.2) is 39.2 Å². The molecule has 138 valence electrons. The van der Waals surface area contributed by atoms with Crippen LogP contribution in [0.5, 0.6) is 0 Å². The number of tetrazole rings is 1. The summed E-state index contributed by atoms with van der Waals surface area (Å²) >= 11 is 0. The van der Waals surface area contributed by atoms with Gasteiger partial charge >= 0.3 is 6.03 Å². The van der Waals surface area contributed by atoms with E-state index in [1.165, 1.54) is 18.1 Å². The topological polar surface area (TPSA) is 114 Å². The molecule has 9 nitrogen and oxygen atoms in total. The first-order chi connectivity index (χ1) is 13.2. The molecule has 0 bridgehead atoms. The molecule has 1 heterocycles. The van der Waals surface area contributed by atoms with Gasteiger partial charge in [-0.25, -0.2) is 9.48 Å². The molecule has 9 heteroatoms. The van der Waals surface area contributed by atoms with Crippen molar-refractivity contribution in [1.82, 2.24) is 25.5 Å². The molecule has 0 spiro atoms. The number of hydrogen-bond donors (Lipinski definition) is 3. The van der Waals surface area contributed by atoms with E-state index in [2.05, 4.69) is 31.5 Å². The Labute approximate surface area is 155 Å². The summed E-state index contributed by atoms with van der Waals surface area (Å²) in [4.78, 5) is 24.1. The molecule has 2 aromatic carbocycles. The van der Waals surface area contributed by atoms with Crippen LogP contribution < -0.4 is 16.0 Å². The van der Waals surface area contributed by atoms with E-state index >= 15 is 0 Å². The number of aromatic nitrogens is 4. The van der Waals surface area contributed by atoms with Gasteiger partial charge in [0.2, 0.25) is 5.91 Å². The molecule has 0 saturated carbocycles. The van der Waals surface area contributed by atoms with E-state index in [4.69, 9.17) is 0 Å². The number of hydrogen-bond acceptors (Lipinski definition) is 5. The maximum Gasteiger partial charge on any atom is 0.318 e. The largest absolute Gasteiger partial charge is 0.341 e. The minimum Gasteiger partial charge on any atom is -0.341 e. The Kier molecular flexibility index (Phi) is 5.73. The summed E-state index contributed by atoms with van der Waals surface area (Å²) < 4.78 is 1.43. The number of nitrogens with zero attached hydrogens (tertiary/aromatic N) is 4. The quantitative estimate of drug-likeness (QED) is 0.617. The summed E-state index contributed by atoms with van der Waals surface area (Å²) in [7, 11) is 1.54. The van der Waals surface area contributed by atoms with Crippen molar-refractivity contribution >= 4 is 23.3 Å². The van der Waals surface area contributed by atoms with Gasteiger partial charge in [-0.15, -0.1) is 5.10 Å². The standard InChI is InChI=1S/C18H19N7O2/c1-19-18(27)22-15-9-7-14(8-10-15)21-17(26)16(25-12-20-23-24-25)11-13-5-3-2-4-6-13/h2-10,12,16H,11H2,1H3,(H,21,26)(H2,19,22,27). The van der Waals surface area contributed by atoms with Crippen molar-refractivity contribution in [3.05, 3.63) is 66.5 Å². The van der Waals surface area contributed by atoms with E-state index in [9.17, 15) is 9.59 Å². The van der Waals surface area contributed by atoms with Crippen molar-refractivity contribution in [2.75, 3.05) is 17.7 Å². The molecular formula is C18H19N7O2. The predicted octanol–water partition coefficient (Wildman–Crippen LogP) is 1.85. The van der Waals surface area contributed by atoms with Crippen molar-refractivity contribution in [3.8, 4) is 0 Å². The van der Waals surface area contributed by atoms with Crippen molar-refractivity contribution < 1.29 is 9.59 Å². The van der Waals surface area contributed by atoms with Crippen LogP contribution in [0.15, 0.2) is 60.9 Å². The second-order valence-corrected chi connectivity index (χ2v) is 5.77. The lowest BCUT2D eigenvalue weighted by Gasteiger charge is -2.16. The zero-order valence-corrected chi connectivity index (χ0v) is 14.7. The van der Waals surface area contributed by atoms with Gasteiger partial charge in [0.15, 0.2) is 0 Å². The van der Waals surface area contributed by atoms with E-state index in [0.717, 1.165) is 5.56 Å². The zero-order valence-electron chi connectivity index (χ0n) is 14.7. The number of nitrogens with one attached hydrogen (secondary N) is 3. The Hall–Kier alpha value is -3.75. The van der Waals surface area contributed by atoms with Crippen LogP contribution in [0.2, 0.25) is 0 Å². The molecule has 3 N–H and O–H groups in total. The molecule has 0 aliphatic rings. The van der Waals surface area contributed by atoms with Crippen LogP contribution >= 0.6 is 0 Å². The lowest BCUT2D eigenvalue weighted by molar-refractivity contribution is -0.119. The Morgan fingerprint density at radius 1 is 1.00 bits per heavy atom. The van der Waals surface area contributed by atoms with Gasteiger partial charge in [-0.3, -0.25) is 4.79 Å². The van der Waals surface area contributed by atoms with Gasteiger partial charge in [0.05, 0.1) is 0 Å². The monoisotopic (exact) mass is 365 g/mol. The number of rotatable bonds is 6. The number of anilines is 2. The molecule has 0 aliphatic heterocycles. The van der Waals surface area contributed by atoms with Crippen LogP contribution in [0.4, 0.5) is 16.2 Å². The van der Waals surface area contributed by atoms with Gasteiger partial charge in [0.25, 0.3) is 0 Å². The number of carbonyl (C=O) groups is 2. The van der Waals surface area contributed by atoms with Crippen LogP contribution in [-0.2, 0) is 11.2 Å². The third-order valence-electron chi connectivity index (χ3n) is 3.90. The Balaban J connectivity index is 1.72. The Bertz CT molecular complexity index is 880. The van der Waals surface area contributed by atoms with Crippen molar-refractivity contribution in [3.63, 3.8) is 0 Å². The second-order valence-electron chi connectivity index (χ2n) is 5.77. The summed E-state index contributed by atoms with van der Waals surface area (Å²) in [5.41, 5.74) is 2.22. The number of urea groups is 1. The SMILES string of the molecule is CNC(=O)Nc1ccc(NC(=O)C(Cc2ccccc2)n2cnnn2)cc1. The minimum atomic E-state index is -0.592. The van der Waals surface area contributed by atoms with E-state index in [0.29, 0.717) is 17.8 Å². The average molecular weight is 365 g/mol. The summed E-state index contributed by atoms with van der Waals surface area (Å²) in [6, 6.07) is 15.6. The maximum absolute atomic E-state index is 12.8. The van der Waals surface area contributed by atoms with Crippen LogP contribution in [0.25, 0.3) is 0 Å². The number of carbonyl (C=O) groups excluding carboxylic acids is 2. The average Bonchev–Trinajstić information content (AvgIpc) is 3.22. The Morgan fingerprint density at radius 2 is 1.67 bits per heavy atom. The van der Waals surface area contributed by atoms with Gasteiger partial charge in [-0.1, -0.05) is 30.3 Å². The van der Waals surface area contributed by atoms with Crippen LogP contribution in [0, 0.1) is 0 Å². The molecular weight excluding hydrogens is 346 g/mol. The summed E-state index contributed by atoms with van der Waals surface area (Å²) in [6.45, 7) is 0. The van der Waals surface area contributed by atoms with E-state index < -0.39 is 6.04 Å². The summed E-state index contributed by atoms with van der Waals surface area (Å²) in [5, 5.41) is 19.1. The zero-order chi connectivity index (χ0) is 19.1. The molecule has 3 amide bonds. The lowest BCUT2D eigenvalue weighted by Crippen LogP contribution is -2.28. The fourth-order valence-corrected chi connectivity index (χ4v) is 2.51. The molecule has 1 unspecified atom stereocenters. The highest BCUT2D eigenvalue weighted by Gasteiger charge is 2.22. The molecule has 3 aromatic rings. The molecule has 1 atom stereocenters. The summed E-state index contributed by atoms with van der Waals surface area (Å²) in [5.74, 6) is -0.238. The normalized spacial score (nSPS) is 11.4. The van der Waals surface area contributed by atoms with Gasteiger partial charge < -0.3 is 16.0 Å².